The lowest BCUT2D eigenvalue weighted by molar-refractivity contribution is 0.267. The lowest BCUT2D eigenvalue weighted by Gasteiger charge is -2.11. The van der Waals surface area contributed by atoms with E-state index >= 15 is 0 Å². The van der Waals surface area contributed by atoms with Crippen LogP contribution in [0, 0.1) is 19.8 Å². The first-order valence-electron chi connectivity index (χ1n) is 6.68. The van der Waals surface area contributed by atoms with Crippen molar-refractivity contribution in [1.29, 1.82) is 0 Å². The smallest absolute Gasteiger partial charge is 0.244 e. The van der Waals surface area contributed by atoms with Gasteiger partial charge in [-0.25, -0.2) is 13.1 Å². The monoisotopic (exact) mass is 319 g/mol. The molecule has 8 heteroatoms. The van der Waals surface area contributed by atoms with Crippen LogP contribution in [0.25, 0.3) is 0 Å². The van der Waals surface area contributed by atoms with E-state index in [1.807, 2.05) is 11.8 Å². The molecule has 2 N–H and O–H groups in total. The van der Waals surface area contributed by atoms with Gasteiger partial charge in [-0.3, -0.25) is 4.68 Å². The Kier molecular flexibility index (Phi) is 5.11. The van der Waals surface area contributed by atoms with Gasteiger partial charge in [0.1, 0.15) is 4.90 Å². The van der Waals surface area contributed by atoms with E-state index in [-0.39, 0.29) is 11.5 Å². The number of aryl methyl sites for hydroxylation is 1. The van der Waals surface area contributed by atoms with Crippen LogP contribution in [0.15, 0.2) is 4.90 Å². The molecule has 114 valence electrons. The molecular weight excluding hydrogens is 298 g/mol. The summed E-state index contributed by atoms with van der Waals surface area (Å²) in [4.78, 5) is 0.247. The van der Waals surface area contributed by atoms with Crippen LogP contribution in [0.4, 0.5) is 0 Å². The second-order valence-electron chi connectivity index (χ2n) is 5.03. The molecule has 0 saturated carbocycles. The Morgan fingerprint density at radius 2 is 2.25 bits per heavy atom. The number of sulfonamides is 1. The van der Waals surface area contributed by atoms with E-state index in [1.54, 1.807) is 13.8 Å². The second kappa shape index (κ2) is 6.46. The summed E-state index contributed by atoms with van der Waals surface area (Å²) in [6, 6.07) is 0. The molecule has 2 heterocycles. The molecule has 1 fully saturated rings. The SMILES string of the molecule is Cc1nn(CCO)c(C)c1S(=O)(=O)NCC1CCSC1. The van der Waals surface area contributed by atoms with Crippen molar-refractivity contribution in [2.75, 3.05) is 24.7 Å². The highest BCUT2D eigenvalue weighted by molar-refractivity contribution is 7.99. The Hall–Kier alpha value is -0.570. The van der Waals surface area contributed by atoms with Crippen molar-refractivity contribution in [2.45, 2.75) is 31.7 Å². The third-order valence-electron chi connectivity index (χ3n) is 3.48. The lowest BCUT2D eigenvalue weighted by Crippen LogP contribution is -2.30. The van der Waals surface area contributed by atoms with Gasteiger partial charge in [-0.15, -0.1) is 0 Å². The third-order valence-corrected chi connectivity index (χ3v) is 6.39. The van der Waals surface area contributed by atoms with Gasteiger partial charge in [-0.05, 0) is 37.7 Å². The number of aliphatic hydroxyl groups is 1. The van der Waals surface area contributed by atoms with Crippen molar-refractivity contribution in [3.63, 3.8) is 0 Å². The fraction of sp³-hybridized carbons (Fsp3) is 0.750. The molecule has 6 nitrogen and oxygen atoms in total. The summed E-state index contributed by atoms with van der Waals surface area (Å²) < 4.78 is 29.1. The predicted molar refractivity (Wildman–Crippen MR) is 79.4 cm³/mol. The number of aliphatic hydroxyl groups excluding tert-OH is 1. The van der Waals surface area contributed by atoms with Gasteiger partial charge in [0, 0.05) is 6.54 Å². The number of aromatic nitrogens is 2. The van der Waals surface area contributed by atoms with Gasteiger partial charge in [-0.2, -0.15) is 16.9 Å². The molecule has 2 rings (SSSR count). The van der Waals surface area contributed by atoms with Gasteiger partial charge >= 0.3 is 0 Å². The Balaban J connectivity index is 2.15. The molecule has 1 atom stereocenters. The molecule has 1 aliphatic heterocycles. The number of nitrogens with zero attached hydrogens (tertiary/aromatic N) is 2. The van der Waals surface area contributed by atoms with Crippen molar-refractivity contribution < 1.29 is 13.5 Å². The largest absolute Gasteiger partial charge is 0.394 e. The summed E-state index contributed by atoms with van der Waals surface area (Å²) >= 11 is 1.87. The number of hydrogen-bond acceptors (Lipinski definition) is 5. The van der Waals surface area contributed by atoms with Gasteiger partial charge in [-0.1, -0.05) is 0 Å². The highest BCUT2D eigenvalue weighted by Crippen LogP contribution is 2.24. The van der Waals surface area contributed by atoms with Gasteiger partial charge in [0.15, 0.2) is 0 Å². The molecule has 1 saturated heterocycles. The predicted octanol–water partition coefficient (Wildman–Crippen LogP) is 0.524. The topological polar surface area (TPSA) is 84.2 Å². The summed E-state index contributed by atoms with van der Waals surface area (Å²) in [5.41, 5.74) is 1.05. The standard InChI is InChI=1S/C12H21N3O3S2/c1-9-12(10(2)15(14-9)4-5-16)20(17,18)13-7-11-3-6-19-8-11/h11,13,16H,3-8H2,1-2H3. The highest BCUT2D eigenvalue weighted by Gasteiger charge is 2.26. The quantitative estimate of drug-likeness (QED) is 0.799. The zero-order valence-corrected chi connectivity index (χ0v) is 13.4. The summed E-state index contributed by atoms with van der Waals surface area (Å²) in [5.74, 6) is 2.55. The summed E-state index contributed by atoms with van der Waals surface area (Å²) in [6.07, 6.45) is 1.06. The van der Waals surface area contributed by atoms with E-state index in [2.05, 4.69) is 9.82 Å². The summed E-state index contributed by atoms with van der Waals surface area (Å²) in [7, 11) is -3.53. The van der Waals surface area contributed by atoms with Crippen LogP contribution < -0.4 is 4.72 Å². The van der Waals surface area contributed by atoms with Crippen molar-refractivity contribution in [3.8, 4) is 0 Å². The van der Waals surface area contributed by atoms with Gasteiger partial charge in [0.25, 0.3) is 0 Å². The zero-order valence-electron chi connectivity index (χ0n) is 11.8. The normalized spacial score (nSPS) is 19.6. The number of thioether (sulfide) groups is 1. The fourth-order valence-electron chi connectivity index (χ4n) is 2.43. The first kappa shape index (κ1) is 15.8. The maximum absolute atomic E-state index is 12.4. The molecule has 0 amide bonds. The molecule has 1 aliphatic rings. The molecule has 20 heavy (non-hydrogen) atoms. The van der Waals surface area contributed by atoms with Gasteiger partial charge in [0.2, 0.25) is 10.0 Å². The third kappa shape index (κ3) is 3.36. The van der Waals surface area contributed by atoms with Crippen LogP contribution in [-0.4, -0.2) is 48.0 Å². The van der Waals surface area contributed by atoms with Crippen LogP contribution in [0.2, 0.25) is 0 Å². The van der Waals surface area contributed by atoms with E-state index in [9.17, 15) is 8.42 Å². The molecule has 0 aromatic carbocycles. The minimum atomic E-state index is -3.53. The molecule has 0 spiro atoms. The summed E-state index contributed by atoms with van der Waals surface area (Å²) in [5, 5.41) is 13.1. The molecular formula is C12H21N3O3S2. The lowest BCUT2D eigenvalue weighted by atomic mass is 10.1. The van der Waals surface area contributed by atoms with Crippen LogP contribution in [-0.2, 0) is 16.6 Å². The maximum Gasteiger partial charge on any atom is 0.244 e. The average Bonchev–Trinajstić information content (AvgIpc) is 2.97. The Morgan fingerprint density at radius 1 is 1.50 bits per heavy atom. The van der Waals surface area contributed by atoms with Crippen molar-refractivity contribution in [2.24, 2.45) is 5.92 Å². The fourth-order valence-corrected chi connectivity index (χ4v) is 5.23. The Bertz CT molecular complexity index is 563. The zero-order chi connectivity index (χ0) is 14.8. The van der Waals surface area contributed by atoms with Crippen LogP contribution in [0.3, 0.4) is 0 Å². The van der Waals surface area contributed by atoms with Gasteiger partial charge < -0.3 is 5.11 Å². The Labute approximate surface area is 124 Å². The molecule has 1 unspecified atom stereocenters. The number of nitrogens with one attached hydrogen (secondary N) is 1. The van der Waals surface area contributed by atoms with E-state index in [0.717, 1.165) is 17.9 Å². The minimum Gasteiger partial charge on any atom is -0.394 e. The minimum absolute atomic E-state index is 0.0613. The van der Waals surface area contributed by atoms with E-state index < -0.39 is 10.0 Å². The van der Waals surface area contributed by atoms with Crippen molar-refractivity contribution in [3.05, 3.63) is 11.4 Å². The maximum atomic E-state index is 12.4. The van der Waals surface area contributed by atoms with E-state index in [0.29, 0.717) is 30.4 Å². The van der Waals surface area contributed by atoms with E-state index in [1.165, 1.54) is 4.68 Å². The second-order valence-corrected chi connectivity index (χ2v) is 7.88. The number of rotatable bonds is 6. The molecule has 0 bridgehead atoms. The molecule has 1 aromatic heterocycles. The van der Waals surface area contributed by atoms with Gasteiger partial charge in [0.05, 0.1) is 24.5 Å². The number of hydrogen-bond donors (Lipinski definition) is 2. The van der Waals surface area contributed by atoms with Crippen molar-refractivity contribution in [1.82, 2.24) is 14.5 Å². The molecule has 1 aromatic rings. The highest BCUT2D eigenvalue weighted by atomic mass is 32.2. The van der Waals surface area contributed by atoms with Crippen molar-refractivity contribution >= 4 is 21.8 Å². The van der Waals surface area contributed by atoms with Crippen LogP contribution in [0.5, 0.6) is 0 Å². The first-order valence-corrected chi connectivity index (χ1v) is 9.31. The molecule has 0 radical (unpaired) electrons. The molecule has 0 aliphatic carbocycles. The average molecular weight is 319 g/mol. The first-order chi connectivity index (χ1) is 9.45. The van der Waals surface area contributed by atoms with E-state index in [4.69, 9.17) is 5.11 Å². The van der Waals surface area contributed by atoms with Crippen LogP contribution >= 0.6 is 11.8 Å². The Morgan fingerprint density at radius 3 is 2.85 bits per heavy atom. The summed E-state index contributed by atoms with van der Waals surface area (Å²) in [6.45, 7) is 4.13. The van der Waals surface area contributed by atoms with Crippen LogP contribution in [0.1, 0.15) is 17.8 Å².